The largest absolute Gasteiger partial charge is 0.387 e. The Morgan fingerprint density at radius 3 is 2.38 bits per heavy atom. The third kappa shape index (κ3) is 5.50. The van der Waals surface area contributed by atoms with Gasteiger partial charge in [-0.15, -0.1) is 4.48 Å². The van der Waals surface area contributed by atoms with Crippen molar-refractivity contribution in [3.63, 3.8) is 0 Å². The molecule has 0 aliphatic rings. The third-order valence-electron chi connectivity index (χ3n) is 2.43. The van der Waals surface area contributed by atoms with Crippen LogP contribution in [-0.2, 0) is 0 Å². The van der Waals surface area contributed by atoms with Crippen LogP contribution in [0.4, 0.5) is 4.48 Å². The fourth-order valence-electron chi connectivity index (χ4n) is 0.914. The van der Waals surface area contributed by atoms with E-state index in [4.69, 9.17) is 0 Å². The molecule has 0 radical (unpaired) electrons. The molecule has 0 heterocycles. The Labute approximate surface area is 80.5 Å². The molecule has 78 valence electrons. The van der Waals surface area contributed by atoms with E-state index >= 15 is 0 Å². The highest BCUT2D eigenvalue weighted by Gasteiger charge is 1.99. The molecule has 2 N–H and O–H groups in total. The first-order valence-electron chi connectivity index (χ1n) is 4.89. The number of rotatable bonds is 6. The van der Waals surface area contributed by atoms with Gasteiger partial charge in [-0.05, 0) is 26.2 Å². The number of nitrogens with one attached hydrogen (secondary N) is 2. The summed E-state index contributed by atoms with van der Waals surface area (Å²) in [5.74, 6) is 0.735. The zero-order valence-electron chi connectivity index (χ0n) is 9.08. The molecule has 0 aliphatic carbocycles. The van der Waals surface area contributed by atoms with Crippen molar-refractivity contribution < 1.29 is 4.48 Å². The second-order valence-corrected chi connectivity index (χ2v) is 3.57. The highest BCUT2D eigenvalue weighted by molar-refractivity contribution is 5.03. The second-order valence-electron chi connectivity index (χ2n) is 3.57. The van der Waals surface area contributed by atoms with Gasteiger partial charge in [-0.3, -0.25) is 0 Å². The Hall–Kier alpha value is -0.730. The minimum Gasteiger partial charge on any atom is -0.387 e. The summed E-state index contributed by atoms with van der Waals surface area (Å²) in [5.41, 5.74) is 3.07. The van der Waals surface area contributed by atoms with E-state index in [1.54, 1.807) is 12.5 Å². The summed E-state index contributed by atoms with van der Waals surface area (Å²) in [7, 11) is 0. The quantitative estimate of drug-likeness (QED) is 0.626. The zero-order chi connectivity index (χ0) is 10.3. The summed E-state index contributed by atoms with van der Waals surface area (Å²) < 4.78 is 11.9. The first kappa shape index (κ1) is 12.3. The molecule has 0 bridgehead atoms. The van der Waals surface area contributed by atoms with Gasteiger partial charge in [-0.25, -0.2) is 5.54 Å². The lowest BCUT2D eigenvalue weighted by atomic mass is 10.1. The van der Waals surface area contributed by atoms with Crippen LogP contribution in [0, 0.1) is 5.92 Å². The van der Waals surface area contributed by atoms with E-state index in [2.05, 4.69) is 19.2 Å². The van der Waals surface area contributed by atoms with Gasteiger partial charge in [0.05, 0.1) is 5.70 Å². The van der Waals surface area contributed by atoms with Crippen LogP contribution in [0.3, 0.4) is 0 Å². The lowest BCUT2D eigenvalue weighted by Crippen LogP contribution is -2.18. The standard InChI is InChI=1S/C10H21FN2/c1-5-8(2)6-7-12-9(3)10(4)13-11/h8,12-13H,5-7H2,1-4H3/b10-9-. The molecule has 0 saturated carbocycles. The van der Waals surface area contributed by atoms with Crippen LogP contribution in [0.25, 0.3) is 0 Å². The molecule has 0 aromatic carbocycles. The van der Waals surface area contributed by atoms with Crippen molar-refractivity contribution in [3.8, 4) is 0 Å². The van der Waals surface area contributed by atoms with Crippen molar-refractivity contribution in [3.05, 3.63) is 11.4 Å². The van der Waals surface area contributed by atoms with E-state index in [0.29, 0.717) is 5.70 Å². The molecule has 0 fully saturated rings. The van der Waals surface area contributed by atoms with Crippen molar-refractivity contribution in [2.45, 2.75) is 40.5 Å². The smallest absolute Gasteiger partial charge is 0.0584 e. The van der Waals surface area contributed by atoms with Crippen LogP contribution in [-0.4, -0.2) is 6.54 Å². The molecule has 0 spiro atoms. The normalized spacial score (nSPS) is 14.8. The van der Waals surface area contributed by atoms with E-state index in [9.17, 15) is 4.48 Å². The van der Waals surface area contributed by atoms with Crippen molar-refractivity contribution >= 4 is 0 Å². The SMILES string of the molecule is CCC(C)CCN/C(C)=C(/C)NF. The van der Waals surface area contributed by atoms with Crippen LogP contribution in [0.15, 0.2) is 11.4 Å². The van der Waals surface area contributed by atoms with E-state index < -0.39 is 0 Å². The monoisotopic (exact) mass is 188 g/mol. The maximum atomic E-state index is 11.9. The topological polar surface area (TPSA) is 24.1 Å². The highest BCUT2D eigenvalue weighted by atomic mass is 19.2. The van der Waals surface area contributed by atoms with Crippen molar-refractivity contribution in [2.24, 2.45) is 5.92 Å². The minimum absolute atomic E-state index is 0.559. The first-order chi connectivity index (χ1) is 6.11. The Balaban J connectivity index is 3.65. The van der Waals surface area contributed by atoms with Crippen molar-refractivity contribution in [2.75, 3.05) is 6.54 Å². The maximum absolute atomic E-state index is 11.9. The molecule has 13 heavy (non-hydrogen) atoms. The van der Waals surface area contributed by atoms with Crippen molar-refractivity contribution in [1.82, 2.24) is 10.9 Å². The number of allylic oxidation sites excluding steroid dienone is 2. The van der Waals surface area contributed by atoms with Gasteiger partial charge in [-0.1, -0.05) is 20.3 Å². The van der Waals surface area contributed by atoms with Crippen LogP contribution in [0.5, 0.6) is 0 Å². The Kier molecular flexibility index (Phi) is 6.37. The summed E-state index contributed by atoms with van der Waals surface area (Å²) >= 11 is 0. The van der Waals surface area contributed by atoms with Gasteiger partial charge in [-0.2, -0.15) is 0 Å². The van der Waals surface area contributed by atoms with Crippen LogP contribution in [0.1, 0.15) is 40.5 Å². The Morgan fingerprint density at radius 1 is 1.31 bits per heavy atom. The summed E-state index contributed by atoms with van der Waals surface area (Å²) in [5, 5.41) is 3.18. The van der Waals surface area contributed by atoms with Gasteiger partial charge < -0.3 is 5.32 Å². The van der Waals surface area contributed by atoms with Gasteiger partial charge in [0, 0.05) is 12.2 Å². The predicted molar refractivity (Wildman–Crippen MR) is 54.7 cm³/mol. The molecule has 2 nitrogen and oxygen atoms in total. The summed E-state index contributed by atoms with van der Waals surface area (Å²) in [6.45, 7) is 8.91. The predicted octanol–water partition coefficient (Wildman–Crippen LogP) is 2.74. The number of hydrogen-bond donors (Lipinski definition) is 2. The third-order valence-corrected chi connectivity index (χ3v) is 2.43. The van der Waals surface area contributed by atoms with Gasteiger partial charge in [0.2, 0.25) is 0 Å². The lowest BCUT2D eigenvalue weighted by molar-refractivity contribution is 0.380. The molecule has 0 aromatic heterocycles. The van der Waals surface area contributed by atoms with Gasteiger partial charge in [0.25, 0.3) is 0 Å². The van der Waals surface area contributed by atoms with Gasteiger partial charge in [0.1, 0.15) is 0 Å². The highest BCUT2D eigenvalue weighted by Crippen LogP contribution is 2.05. The maximum Gasteiger partial charge on any atom is 0.0584 e. The lowest BCUT2D eigenvalue weighted by Gasteiger charge is -2.11. The first-order valence-corrected chi connectivity index (χ1v) is 4.89. The fourth-order valence-corrected chi connectivity index (χ4v) is 0.914. The molecule has 0 aromatic rings. The summed E-state index contributed by atoms with van der Waals surface area (Å²) in [6, 6.07) is 0. The van der Waals surface area contributed by atoms with Gasteiger partial charge >= 0.3 is 0 Å². The average molecular weight is 188 g/mol. The molecule has 1 unspecified atom stereocenters. The summed E-state index contributed by atoms with van der Waals surface area (Å²) in [6.07, 6.45) is 2.33. The van der Waals surface area contributed by atoms with E-state index in [1.165, 1.54) is 6.42 Å². The van der Waals surface area contributed by atoms with Crippen LogP contribution >= 0.6 is 0 Å². The molecule has 0 amide bonds. The molecule has 3 heteroatoms. The number of hydrogen-bond acceptors (Lipinski definition) is 2. The molecular formula is C10H21FN2. The fraction of sp³-hybridized carbons (Fsp3) is 0.800. The number of halogens is 1. The van der Waals surface area contributed by atoms with Crippen molar-refractivity contribution in [1.29, 1.82) is 0 Å². The zero-order valence-corrected chi connectivity index (χ0v) is 9.08. The Bertz CT molecular complexity index is 166. The Morgan fingerprint density at radius 2 is 1.92 bits per heavy atom. The second kappa shape index (κ2) is 6.75. The van der Waals surface area contributed by atoms with Crippen LogP contribution < -0.4 is 10.9 Å². The van der Waals surface area contributed by atoms with E-state index in [-0.39, 0.29) is 0 Å². The molecule has 0 saturated heterocycles. The van der Waals surface area contributed by atoms with E-state index in [0.717, 1.165) is 24.6 Å². The van der Waals surface area contributed by atoms with Crippen LogP contribution in [0.2, 0.25) is 0 Å². The van der Waals surface area contributed by atoms with Gasteiger partial charge in [0.15, 0.2) is 0 Å². The molecule has 0 aliphatic heterocycles. The minimum atomic E-state index is 0.559. The molecule has 1 atom stereocenters. The van der Waals surface area contributed by atoms with E-state index in [1.807, 2.05) is 6.92 Å². The summed E-state index contributed by atoms with van der Waals surface area (Å²) in [4.78, 5) is 0. The molecular weight excluding hydrogens is 167 g/mol. The molecule has 0 rings (SSSR count). The average Bonchev–Trinajstić information content (AvgIpc) is 2.15.